The van der Waals surface area contributed by atoms with Crippen LogP contribution < -0.4 is 10.6 Å². The van der Waals surface area contributed by atoms with Gasteiger partial charge in [0.1, 0.15) is 5.76 Å². The van der Waals surface area contributed by atoms with E-state index in [1.54, 1.807) is 6.26 Å². The highest BCUT2D eigenvalue weighted by atomic mass is 16.5. The van der Waals surface area contributed by atoms with Crippen molar-refractivity contribution < 1.29 is 9.15 Å². The average molecular weight is 376 g/mol. The smallest absolute Gasteiger partial charge is 0.191 e. The van der Waals surface area contributed by atoms with Gasteiger partial charge in [0.15, 0.2) is 5.96 Å². The Morgan fingerprint density at radius 1 is 1.26 bits per heavy atom. The molecule has 4 heterocycles. The first-order valence-corrected chi connectivity index (χ1v) is 10.4. The first-order valence-electron chi connectivity index (χ1n) is 10.4. The van der Waals surface area contributed by atoms with Crippen molar-refractivity contribution in [3.63, 3.8) is 0 Å². The molecule has 0 aliphatic carbocycles. The second-order valence-electron chi connectivity index (χ2n) is 7.85. The van der Waals surface area contributed by atoms with E-state index in [9.17, 15) is 0 Å². The number of hydrogen-bond donors (Lipinski definition) is 2. The highest BCUT2D eigenvalue weighted by Gasteiger charge is 2.32. The number of rotatable bonds is 6. The van der Waals surface area contributed by atoms with Gasteiger partial charge in [0.05, 0.1) is 25.0 Å². The fourth-order valence-electron chi connectivity index (χ4n) is 4.58. The summed E-state index contributed by atoms with van der Waals surface area (Å²) in [6.45, 7) is 6.95. The first-order chi connectivity index (χ1) is 13.3. The second kappa shape index (κ2) is 9.08. The van der Waals surface area contributed by atoms with Crippen LogP contribution in [0.4, 0.5) is 0 Å². The molecule has 4 rings (SSSR count). The van der Waals surface area contributed by atoms with Crippen molar-refractivity contribution in [1.29, 1.82) is 0 Å². The van der Waals surface area contributed by atoms with Crippen molar-refractivity contribution in [1.82, 2.24) is 20.4 Å². The van der Waals surface area contributed by atoms with E-state index >= 15 is 0 Å². The van der Waals surface area contributed by atoms with Crippen LogP contribution in [0.15, 0.2) is 27.8 Å². The van der Waals surface area contributed by atoms with Gasteiger partial charge in [-0.15, -0.1) is 0 Å². The number of morpholine rings is 1. The molecule has 0 aromatic carbocycles. The lowest BCUT2D eigenvalue weighted by atomic mass is 10.2. The van der Waals surface area contributed by atoms with Crippen molar-refractivity contribution >= 4 is 5.96 Å². The molecule has 3 unspecified atom stereocenters. The predicted molar refractivity (Wildman–Crippen MR) is 106 cm³/mol. The number of aliphatic imine (C=N–C) groups is 1. The third-order valence-corrected chi connectivity index (χ3v) is 6.10. The Bertz CT molecular complexity index is 600. The molecule has 3 saturated heterocycles. The number of nitrogens with zero attached hydrogens (tertiary/aromatic N) is 3. The maximum absolute atomic E-state index is 6.04. The Labute approximate surface area is 162 Å². The first kappa shape index (κ1) is 18.8. The van der Waals surface area contributed by atoms with Gasteiger partial charge in [0.2, 0.25) is 0 Å². The molecule has 3 fully saturated rings. The molecule has 0 spiro atoms. The molecule has 3 aliphatic rings. The SMILES string of the molecule is CN=C(NCC1CN2CCCC2CO1)NCC(c1ccco1)N1CCCC1. The zero-order valence-corrected chi connectivity index (χ0v) is 16.4. The summed E-state index contributed by atoms with van der Waals surface area (Å²) in [4.78, 5) is 9.47. The van der Waals surface area contributed by atoms with E-state index < -0.39 is 0 Å². The maximum atomic E-state index is 6.04. The molecular formula is C20H33N5O2. The Hall–Kier alpha value is -1.57. The maximum Gasteiger partial charge on any atom is 0.191 e. The van der Waals surface area contributed by atoms with E-state index in [-0.39, 0.29) is 12.1 Å². The lowest BCUT2D eigenvalue weighted by Crippen LogP contribution is -2.52. The van der Waals surface area contributed by atoms with Crippen LogP contribution in [-0.2, 0) is 4.74 Å². The van der Waals surface area contributed by atoms with Gasteiger partial charge in [0, 0.05) is 32.7 Å². The summed E-state index contributed by atoms with van der Waals surface area (Å²) in [5, 5.41) is 6.94. The summed E-state index contributed by atoms with van der Waals surface area (Å²) >= 11 is 0. The minimum Gasteiger partial charge on any atom is -0.468 e. The van der Waals surface area contributed by atoms with Crippen LogP contribution in [0.5, 0.6) is 0 Å². The third-order valence-electron chi connectivity index (χ3n) is 6.10. The van der Waals surface area contributed by atoms with E-state index in [0.29, 0.717) is 6.04 Å². The molecular weight excluding hydrogens is 342 g/mol. The monoisotopic (exact) mass is 375 g/mol. The minimum absolute atomic E-state index is 0.234. The van der Waals surface area contributed by atoms with Gasteiger partial charge in [-0.05, 0) is 57.5 Å². The largest absolute Gasteiger partial charge is 0.468 e. The van der Waals surface area contributed by atoms with Crippen molar-refractivity contribution in [2.75, 3.05) is 52.9 Å². The molecule has 27 heavy (non-hydrogen) atoms. The summed E-state index contributed by atoms with van der Waals surface area (Å²) in [7, 11) is 1.82. The highest BCUT2D eigenvalue weighted by molar-refractivity contribution is 5.79. The molecule has 2 N–H and O–H groups in total. The van der Waals surface area contributed by atoms with Gasteiger partial charge in [-0.3, -0.25) is 14.8 Å². The lowest BCUT2D eigenvalue weighted by Gasteiger charge is -2.35. The molecule has 1 aromatic rings. The van der Waals surface area contributed by atoms with Gasteiger partial charge < -0.3 is 19.8 Å². The minimum atomic E-state index is 0.234. The number of fused-ring (bicyclic) bond motifs is 1. The Kier molecular flexibility index (Phi) is 6.32. The van der Waals surface area contributed by atoms with Crippen LogP contribution in [0.25, 0.3) is 0 Å². The predicted octanol–water partition coefficient (Wildman–Crippen LogP) is 1.44. The van der Waals surface area contributed by atoms with Gasteiger partial charge in [-0.1, -0.05) is 0 Å². The molecule has 0 amide bonds. The molecule has 150 valence electrons. The second-order valence-corrected chi connectivity index (χ2v) is 7.85. The zero-order chi connectivity index (χ0) is 18.5. The zero-order valence-electron chi connectivity index (χ0n) is 16.4. The Morgan fingerprint density at radius 2 is 2.15 bits per heavy atom. The summed E-state index contributed by atoms with van der Waals surface area (Å²) in [6, 6.07) is 4.94. The van der Waals surface area contributed by atoms with Crippen LogP contribution >= 0.6 is 0 Å². The molecule has 3 atom stereocenters. The van der Waals surface area contributed by atoms with Crippen LogP contribution in [0.1, 0.15) is 37.5 Å². The molecule has 3 aliphatic heterocycles. The van der Waals surface area contributed by atoms with Gasteiger partial charge >= 0.3 is 0 Å². The summed E-state index contributed by atoms with van der Waals surface area (Å²) < 4.78 is 11.7. The molecule has 0 saturated carbocycles. The Morgan fingerprint density at radius 3 is 2.93 bits per heavy atom. The molecule has 7 heteroatoms. The van der Waals surface area contributed by atoms with Crippen LogP contribution in [-0.4, -0.2) is 80.8 Å². The van der Waals surface area contributed by atoms with Crippen molar-refractivity contribution in [3.05, 3.63) is 24.2 Å². The van der Waals surface area contributed by atoms with Crippen LogP contribution in [0.2, 0.25) is 0 Å². The van der Waals surface area contributed by atoms with Crippen molar-refractivity contribution in [3.8, 4) is 0 Å². The van der Waals surface area contributed by atoms with Gasteiger partial charge in [-0.25, -0.2) is 0 Å². The van der Waals surface area contributed by atoms with E-state index in [4.69, 9.17) is 9.15 Å². The summed E-state index contributed by atoms with van der Waals surface area (Å²) in [6.07, 6.45) is 7.12. The number of nitrogens with one attached hydrogen (secondary N) is 2. The van der Waals surface area contributed by atoms with Crippen molar-refractivity contribution in [2.24, 2.45) is 4.99 Å². The van der Waals surface area contributed by atoms with Gasteiger partial charge in [0.25, 0.3) is 0 Å². The summed E-state index contributed by atoms with van der Waals surface area (Å²) in [5.41, 5.74) is 0. The molecule has 0 radical (unpaired) electrons. The van der Waals surface area contributed by atoms with E-state index in [2.05, 4.69) is 31.5 Å². The third kappa shape index (κ3) is 4.65. The molecule has 1 aromatic heterocycles. The number of hydrogen-bond acceptors (Lipinski definition) is 5. The quantitative estimate of drug-likeness (QED) is 0.580. The Balaban J connectivity index is 1.26. The number of guanidine groups is 1. The van der Waals surface area contributed by atoms with Crippen LogP contribution in [0, 0.1) is 0 Å². The van der Waals surface area contributed by atoms with E-state index in [0.717, 1.165) is 51.1 Å². The van der Waals surface area contributed by atoms with E-state index in [1.807, 2.05) is 13.1 Å². The molecule has 7 nitrogen and oxygen atoms in total. The number of ether oxygens (including phenoxy) is 1. The number of likely N-dealkylation sites (tertiary alicyclic amines) is 1. The lowest BCUT2D eigenvalue weighted by molar-refractivity contribution is -0.0453. The van der Waals surface area contributed by atoms with Crippen LogP contribution in [0.3, 0.4) is 0 Å². The topological polar surface area (TPSA) is 65.3 Å². The molecule has 0 bridgehead atoms. The van der Waals surface area contributed by atoms with Gasteiger partial charge in [-0.2, -0.15) is 0 Å². The van der Waals surface area contributed by atoms with E-state index in [1.165, 1.54) is 32.2 Å². The normalized spacial score (nSPS) is 28.3. The average Bonchev–Trinajstić information content (AvgIpc) is 3.47. The fourth-order valence-corrected chi connectivity index (χ4v) is 4.58. The standard InChI is InChI=1S/C20H33N5O2/c1-21-20(22-12-17-14-25-10-4-6-16(25)15-27-17)23-13-18(19-7-5-11-26-19)24-8-2-3-9-24/h5,7,11,16-18H,2-4,6,8-10,12-15H2,1H3,(H2,21,22,23). The number of furan rings is 1. The highest BCUT2D eigenvalue weighted by Crippen LogP contribution is 2.25. The fraction of sp³-hybridized carbons (Fsp3) is 0.750. The summed E-state index contributed by atoms with van der Waals surface area (Å²) in [5.74, 6) is 1.86. The van der Waals surface area contributed by atoms with Crippen molar-refractivity contribution in [2.45, 2.75) is 43.9 Å².